The van der Waals surface area contributed by atoms with E-state index < -0.39 is 0 Å². The quantitative estimate of drug-likeness (QED) is 0.918. The smallest absolute Gasteiger partial charge is 0.120 e. The normalized spacial score (nSPS) is 25.1. The van der Waals surface area contributed by atoms with Gasteiger partial charge in [-0.25, -0.2) is 0 Å². The zero-order valence-electron chi connectivity index (χ0n) is 12.5. The van der Waals surface area contributed by atoms with E-state index in [9.17, 15) is 5.11 Å². The Bertz CT molecular complexity index is 454. The van der Waals surface area contributed by atoms with E-state index in [1.807, 2.05) is 12.1 Å². The zero-order chi connectivity index (χ0) is 13.9. The summed E-state index contributed by atoms with van der Waals surface area (Å²) in [6, 6.07) is 6.65. The van der Waals surface area contributed by atoms with Crippen LogP contribution >= 0.6 is 0 Å². The van der Waals surface area contributed by atoms with E-state index >= 15 is 0 Å². The molecule has 1 aromatic rings. The summed E-state index contributed by atoms with van der Waals surface area (Å²) < 4.78 is 0. The highest BCUT2D eigenvalue weighted by atomic mass is 16.3. The molecule has 2 fully saturated rings. The van der Waals surface area contributed by atoms with Gasteiger partial charge in [-0.2, -0.15) is 0 Å². The van der Waals surface area contributed by atoms with Crippen molar-refractivity contribution in [2.75, 3.05) is 26.2 Å². The number of aromatic hydroxyl groups is 1. The molecule has 2 aliphatic rings. The summed E-state index contributed by atoms with van der Waals surface area (Å²) in [5.74, 6) is 0.442. The molecular weight excluding hydrogens is 248 g/mol. The van der Waals surface area contributed by atoms with Gasteiger partial charge in [0.25, 0.3) is 0 Å². The molecule has 0 bridgehead atoms. The van der Waals surface area contributed by atoms with E-state index in [2.05, 4.69) is 22.8 Å². The fraction of sp³-hybridized carbons (Fsp3) is 0.647. The van der Waals surface area contributed by atoms with E-state index in [4.69, 9.17) is 0 Å². The number of hydrogen-bond acceptors (Lipinski definition) is 3. The van der Waals surface area contributed by atoms with Crippen LogP contribution < -0.4 is 0 Å². The van der Waals surface area contributed by atoms with Gasteiger partial charge in [0, 0.05) is 31.2 Å². The summed E-state index contributed by atoms with van der Waals surface area (Å²) in [4.78, 5) is 5.17. The number of hydrogen-bond donors (Lipinski definition) is 1. The summed E-state index contributed by atoms with van der Waals surface area (Å²) in [5, 5.41) is 9.97. The predicted octanol–water partition coefficient (Wildman–Crippen LogP) is 2.76. The lowest BCUT2D eigenvalue weighted by atomic mass is 10.1. The molecule has 0 aromatic heterocycles. The van der Waals surface area contributed by atoms with Crippen molar-refractivity contribution in [3.05, 3.63) is 29.3 Å². The van der Waals surface area contributed by atoms with Gasteiger partial charge in [-0.1, -0.05) is 24.1 Å². The first kappa shape index (κ1) is 13.9. The largest absolute Gasteiger partial charge is 0.508 e. The van der Waals surface area contributed by atoms with Gasteiger partial charge < -0.3 is 5.11 Å². The number of likely N-dealkylation sites (tertiary alicyclic amines) is 2. The van der Waals surface area contributed by atoms with E-state index in [-0.39, 0.29) is 0 Å². The van der Waals surface area contributed by atoms with E-state index in [1.165, 1.54) is 44.3 Å². The zero-order valence-corrected chi connectivity index (χ0v) is 12.5. The van der Waals surface area contributed by atoms with Crippen molar-refractivity contribution >= 4 is 0 Å². The Morgan fingerprint density at radius 1 is 1.15 bits per heavy atom. The molecule has 0 amide bonds. The molecule has 0 saturated carbocycles. The van der Waals surface area contributed by atoms with E-state index in [1.54, 1.807) is 0 Å². The Morgan fingerprint density at radius 2 is 1.95 bits per heavy atom. The van der Waals surface area contributed by atoms with Crippen LogP contribution in [0.3, 0.4) is 0 Å². The lowest BCUT2D eigenvalue weighted by molar-refractivity contribution is 0.161. The third kappa shape index (κ3) is 3.15. The topological polar surface area (TPSA) is 26.7 Å². The molecule has 0 aliphatic carbocycles. The Balaban J connectivity index is 1.58. The van der Waals surface area contributed by atoms with Crippen LogP contribution in [0.1, 0.15) is 36.8 Å². The van der Waals surface area contributed by atoms with Crippen LogP contribution in [0.5, 0.6) is 5.75 Å². The summed E-state index contributed by atoms with van der Waals surface area (Å²) in [6.07, 6.45) is 5.43. The molecule has 1 unspecified atom stereocenters. The lowest BCUT2D eigenvalue weighted by Crippen LogP contribution is -2.40. The molecule has 3 nitrogen and oxygen atoms in total. The van der Waals surface area contributed by atoms with Gasteiger partial charge in [-0.05, 0) is 45.3 Å². The molecule has 0 spiro atoms. The van der Waals surface area contributed by atoms with Crippen molar-refractivity contribution in [3.8, 4) is 5.75 Å². The highest BCUT2D eigenvalue weighted by Gasteiger charge is 2.28. The number of nitrogens with zero attached hydrogens (tertiary/aromatic N) is 2. The maximum absolute atomic E-state index is 9.97. The van der Waals surface area contributed by atoms with E-state index in [0.717, 1.165) is 31.2 Å². The first-order chi connectivity index (χ1) is 9.72. The minimum Gasteiger partial charge on any atom is -0.508 e. The van der Waals surface area contributed by atoms with Gasteiger partial charge in [-0.15, -0.1) is 0 Å². The molecule has 3 rings (SSSR count). The summed E-state index contributed by atoms with van der Waals surface area (Å²) in [5.41, 5.74) is 2.30. The second kappa shape index (κ2) is 6.15. The Labute approximate surface area is 122 Å². The minimum atomic E-state index is 0.442. The number of phenolic OH excluding ortho intramolecular Hbond substituents is 1. The fourth-order valence-corrected chi connectivity index (χ4v) is 3.62. The average molecular weight is 274 g/mol. The Hall–Kier alpha value is -1.06. The molecule has 20 heavy (non-hydrogen) atoms. The van der Waals surface area contributed by atoms with Crippen molar-refractivity contribution in [3.63, 3.8) is 0 Å². The molecule has 1 atom stereocenters. The molecule has 1 aromatic carbocycles. The fourth-order valence-electron chi connectivity index (χ4n) is 3.62. The lowest BCUT2D eigenvalue weighted by Gasteiger charge is -2.32. The number of benzene rings is 1. The molecule has 0 radical (unpaired) electrons. The van der Waals surface area contributed by atoms with Gasteiger partial charge in [0.15, 0.2) is 0 Å². The van der Waals surface area contributed by atoms with Crippen molar-refractivity contribution in [2.24, 2.45) is 0 Å². The first-order valence-corrected chi connectivity index (χ1v) is 7.97. The third-order valence-electron chi connectivity index (χ3n) is 4.78. The monoisotopic (exact) mass is 274 g/mol. The SMILES string of the molecule is Cc1ccc(O)c(CN2CCC(N3CCCCC3)C2)c1. The molecule has 1 N–H and O–H groups in total. The maximum Gasteiger partial charge on any atom is 0.120 e. The maximum atomic E-state index is 9.97. The molecule has 3 heteroatoms. The van der Waals surface area contributed by atoms with Crippen LogP contribution in [0.2, 0.25) is 0 Å². The summed E-state index contributed by atoms with van der Waals surface area (Å²) >= 11 is 0. The van der Waals surface area contributed by atoms with Gasteiger partial charge in [-0.3, -0.25) is 9.80 Å². The second-order valence-electron chi connectivity index (χ2n) is 6.41. The molecule has 2 aliphatic heterocycles. The van der Waals surface area contributed by atoms with Gasteiger partial charge in [0.05, 0.1) is 0 Å². The Kier molecular flexibility index (Phi) is 4.27. The average Bonchev–Trinajstić information content (AvgIpc) is 2.92. The molecule has 2 heterocycles. The van der Waals surface area contributed by atoms with Crippen LogP contribution in [0.15, 0.2) is 18.2 Å². The van der Waals surface area contributed by atoms with Crippen LogP contribution in [-0.2, 0) is 6.54 Å². The number of rotatable bonds is 3. The van der Waals surface area contributed by atoms with Crippen molar-refractivity contribution in [2.45, 2.75) is 45.2 Å². The minimum absolute atomic E-state index is 0.442. The van der Waals surface area contributed by atoms with Gasteiger partial charge in [0.2, 0.25) is 0 Å². The number of piperidine rings is 1. The predicted molar refractivity (Wildman–Crippen MR) is 81.9 cm³/mol. The summed E-state index contributed by atoms with van der Waals surface area (Å²) in [6.45, 7) is 7.87. The van der Waals surface area contributed by atoms with Crippen LogP contribution in [-0.4, -0.2) is 47.1 Å². The van der Waals surface area contributed by atoms with Crippen LogP contribution in [0, 0.1) is 6.92 Å². The van der Waals surface area contributed by atoms with Gasteiger partial charge in [0.1, 0.15) is 5.75 Å². The van der Waals surface area contributed by atoms with E-state index in [0.29, 0.717) is 5.75 Å². The number of aryl methyl sites for hydroxylation is 1. The Morgan fingerprint density at radius 3 is 2.75 bits per heavy atom. The van der Waals surface area contributed by atoms with Crippen LogP contribution in [0.25, 0.3) is 0 Å². The van der Waals surface area contributed by atoms with Crippen LogP contribution in [0.4, 0.5) is 0 Å². The molecule has 2 saturated heterocycles. The molecular formula is C17H26N2O. The highest BCUT2D eigenvalue weighted by molar-refractivity contribution is 5.35. The first-order valence-electron chi connectivity index (χ1n) is 7.97. The second-order valence-corrected chi connectivity index (χ2v) is 6.41. The van der Waals surface area contributed by atoms with Crippen molar-refractivity contribution in [1.29, 1.82) is 0 Å². The summed E-state index contributed by atoms with van der Waals surface area (Å²) in [7, 11) is 0. The number of phenols is 1. The highest BCUT2D eigenvalue weighted by Crippen LogP contribution is 2.25. The third-order valence-corrected chi connectivity index (χ3v) is 4.78. The van der Waals surface area contributed by atoms with Crippen molar-refractivity contribution < 1.29 is 5.11 Å². The standard InChI is InChI=1S/C17H26N2O/c1-14-5-6-17(20)15(11-14)12-18-10-7-16(13-18)19-8-3-2-4-9-19/h5-6,11,16,20H,2-4,7-10,12-13H2,1H3. The molecule has 110 valence electrons. The van der Waals surface area contributed by atoms with Gasteiger partial charge >= 0.3 is 0 Å². The van der Waals surface area contributed by atoms with Crippen molar-refractivity contribution in [1.82, 2.24) is 9.80 Å².